The Hall–Kier alpha value is -1.87. The Morgan fingerprint density at radius 2 is 1.45 bits per heavy atom. The molecule has 0 radical (unpaired) electrons. The molecule has 0 N–H and O–H groups in total. The molecule has 2 aromatic rings. The molecule has 0 saturated carbocycles. The predicted molar refractivity (Wildman–Crippen MR) is 59.0 cm³/mol. The maximum Gasteiger partial charge on any atom is 0.460 e. The molecule has 2 nitrogen and oxygen atoms in total. The highest BCUT2D eigenvalue weighted by Crippen LogP contribution is 2.51. The molecule has 2 rings (SSSR count). The first-order valence-corrected chi connectivity index (χ1v) is 5.69. The van der Waals surface area contributed by atoms with Crippen LogP contribution in [0.25, 0.3) is 11.0 Å². The van der Waals surface area contributed by atoms with Crippen LogP contribution in [-0.4, -0.2) is 16.7 Å². The number of para-hydroxylation sites is 2. The van der Waals surface area contributed by atoms with E-state index in [0.29, 0.717) is 9.13 Å². The number of halogens is 8. The van der Waals surface area contributed by atoms with Crippen molar-refractivity contribution in [2.45, 2.75) is 18.0 Å². The van der Waals surface area contributed by atoms with Crippen molar-refractivity contribution in [3.05, 3.63) is 30.1 Å². The Balaban J connectivity index is 0.00000242. The lowest BCUT2D eigenvalue weighted by atomic mass is 10.1. The first kappa shape index (κ1) is 18.2. The number of rotatable bonds is 2. The summed E-state index contributed by atoms with van der Waals surface area (Å²) in [6, 6.07) is 5.62. The summed E-state index contributed by atoms with van der Waals surface area (Å²) in [6.07, 6.45) is -6.36. The van der Waals surface area contributed by atoms with E-state index in [9.17, 15) is 30.7 Å². The van der Waals surface area contributed by atoms with Crippen LogP contribution in [0.5, 0.6) is 0 Å². The molecule has 0 bridgehead atoms. The van der Waals surface area contributed by atoms with Crippen molar-refractivity contribution in [1.82, 2.24) is 4.57 Å². The van der Waals surface area contributed by atoms with Crippen molar-refractivity contribution in [1.29, 1.82) is 0 Å². The Morgan fingerprint density at radius 1 is 0.955 bits per heavy atom. The van der Waals surface area contributed by atoms with E-state index in [-0.39, 0.29) is 15.7 Å². The van der Waals surface area contributed by atoms with Gasteiger partial charge in [0.25, 0.3) is 0 Å². The van der Waals surface area contributed by atoms with Gasteiger partial charge in [0.2, 0.25) is 0 Å². The fraction of sp³-hybridized carbons (Fsp3) is 0.417. The quantitative estimate of drug-likeness (QED) is 0.552. The topological polar surface area (TPSA) is 8.81 Å². The Morgan fingerprint density at radius 3 is 1.91 bits per heavy atom. The fourth-order valence-electron chi connectivity index (χ4n) is 2.22. The van der Waals surface area contributed by atoms with Gasteiger partial charge in [-0.15, -0.1) is 0 Å². The molecule has 0 fully saturated rings. The van der Waals surface area contributed by atoms with Crippen LogP contribution in [0, 0.1) is 0 Å². The van der Waals surface area contributed by atoms with E-state index in [1.165, 1.54) is 24.3 Å². The number of alkyl halides is 7. The first-order chi connectivity index (χ1) is 9.43. The molecule has 0 atom stereocenters. The van der Waals surface area contributed by atoms with Gasteiger partial charge in [-0.25, -0.2) is 9.13 Å². The molecule has 1 heterocycles. The van der Waals surface area contributed by atoms with E-state index >= 15 is 0 Å². The molecule has 0 aliphatic carbocycles. The van der Waals surface area contributed by atoms with Crippen molar-refractivity contribution < 1.29 is 40.0 Å². The Labute approximate surface area is 119 Å². The summed E-state index contributed by atoms with van der Waals surface area (Å²) in [5.74, 6) is -13.0. The third-order valence-corrected chi connectivity index (χ3v) is 3.27. The molecular weight excluding hydrogens is 324 g/mol. The number of imidazole rings is 1. The Kier molecular flexibility index (Phi) is 4.21. The van der Waals surface area contributed by atoms with Crippen LogP contribution in [-0.2, 0) is 20.0 Å². The molecule has 124 valence electrons. The van der Waals surface area contributed by atoms with Crippen LogP contribution in [0.1, 0.15) is 5.82 Å². The van der Waals surface area contributed by atoms with Gasteiger partial charge in [0, 0.05) is 0 Å². The molecular formula is C12H10F8N2. The van der Waals surface area contributed by atoms with Gasteiger partial charge in [0.1, 0.15) is 0 Å². The summed E-state index contributed by atoms with van der Waals surface area (Å²) in [5, 5.41) is 0. The summed E-state index contributed by atoms with van der Waals surface area (Å²) < 4.78 is 92.2. The lowest BCUT2D eigenvalue weighted by molar-refractivity contribution is -0.668. The van der Waals surface area contributed by atoms with Crippen LogP contribution >= 0.6 is 0 Å². The van der Waals surface area contributed by atoms with E-state index in [1.54, 1.807) is 0 Å². The fourth-order valence-corrected chi connectivity index (χ4v) is 2.22. The van der Waals surface area contributed by atoms with Gasteiger partial charge in [-0.2, -0.15) is 30.7 Å². The number of fused-ring (bicyclic) bond motifs is 1. The van der Waals surface area contributed by atoms with Gasteiger partial charge in [0.05, 0.1) is 14.1 Å². The molecule has 0 spiro atoms. The van der Waals surface area contributed by atoms with E-state index < -0.39 is 23.8 Å². The Bertz CT molecular complexity index is 647. The molecule has 0 aliphatic rings. The minimum Gasteiger partial charge on any atom is -1.00 e. The van der Waals surface area contributed by atoms with Gasteiger partial charge in [-0.3, -0.25) is 0 Å². The SMILES string of the molecule is Cn1c(C(F)(F)C(F)(F)C(F)(F)F)[n+](C)c2ccccc21.[F-]. The first-order valence-electron chi connectivity index (χ1n) is 5.69. The number of nitrogens with zero attached hydrogens (tertiary/aromatic N) is 2. The molecule has 10 heteroatoms. The lowest BCUT2D eigenvalue weighted by Gasteiger charge is -2.25. The zero-order valence-electron chi connectivity index (χ0n) is 11.2. The van der Waals surface area contributed by atoms with Gasteiger partial charge < -0.3 is 4.70 Å². The van der Waals surface area contributed by atoms with Gasteiger partial charge in [-0.05, 0) is 12.1 Å². The molecule has 0 saturated heterocycles. The van der Waals surface area contributed by atoms with Crippen LogP contribution in [0.3, 0.4) is 0 Å². The largest absolute Gasteiger partial charge is 1.00 e. The van der Waals surface area contributed by atoms with Crippen molar-refractivity contribution in [3.63, 3.8) is 0 Å². The summed E-state index contributed by atoms with van der Waals surface area (Å²) in [7, 11) is 2.02. The smallest absolute Gasteiger partial charge is 0.460 e. The summed E-state index contributed by atoms with van der Waals surface area (Å²) in [5.41, 5.74) is 0.236. The van der Waals surface area contributed by atoms with E-state index in [0.717, 1.165) is 14.1 Å². The summed E-state index contributed by atoms with van der Waals surface area (Å²) in [6.45, 7) is 0. The second-order valence-corrected chi connectivity index (χ2v) is 4.58. The van der Waals surface area contributed by atoms with E-state index in [4.69, 9.17) is 0 Å². The summed E-state index contributed by atoms with van der Waals surface area (Å²) >= 11 is 0. The highest BCUT2D eigenvalue weighted by molar-refractivity contribution is 5.72. The number of hydrogen-bond donors (Lipinski definition) is 0. The second-order valence-electron chi connectivity index (χ2n) is 4.58. The van der Waals surface area contributed by atoms with E-state index in [2.05, 4.69) is 0 Å². The molecule has 1 aromatic heterocycles. The standard InChI is InChI=1S/C12H10F7N2.FH/c1-20-7-5-3-4-6-8(7)21(2)9(20)10(13,14)11(15,16)12(17,18)19;/h3-6H,1-2H3;1H/q+1;/p-1. The van der Waals surface area contributed by atoms with Crippen molar-refractivity contribution in [2.75, 3.05) is 0 Å². The number of aromatic nitrogens is 2. The molecule has 0 aliphatic heterocycles. The molecule has 1 aromatic carbocycles. The van der Waals surface area contributed by atoms with Crippen LogP contribution in [0.4, 0.5) is 30.7 Å². The van der Waals surface area contributed by atoms with Crippen molar-refractivity contribution in [2.24, 2.45) is 14.1 Å². The third kappa shape index (κ3) is 2.20. The van der Waals surface area contributed by atoms with Gasteiger partial charge in [-0.1, -0.05) is 12.1 Å². The normalized spacial score (nSPS) is 13.3. The van der Waals surface area contributed by atoms with Crippen molar-refractivity contribution >= 4 is 11.0 Å². The third-order valence-electron chi connectivity index (χ3n) is 3.27. The lowest BCUT2D eigenvalue weighted by Crippen LogP contribution is -3.00. The van der Waals surface area contributed by atoms with Gasteiger partial charge >= 0.3 is 23.8 Å². The van der Waals surface area contributed by atoms with Crippen LogP contribution in [0.15, 0.2) is 24.3 Å². The minimum absolute atomic E-state index is 0. The van der Waals surface area contributed by atoms with Gasteiger partial charge in [0.15, 0.2) is 11.0 Å². The highest BCUT2D eigenvalue weighted by Gasteiger charge is 2.77. The predicted octanol–water partition coefficient (Wildman–Crippen LogP) is 0.296. The highest BCUT2D eigenvalue weighted by atomic mass is 19.4. The minimum atomic E-state index is -6.36. The maximum absolute atomic E-state index is 13.9. The maximum atomic E-state index is 13.9. The van der Waals surface area contributed by atoms with Crippen LogP contribution in [0.2, 0.25) is 0 Å². The average molecular weight is 334 g/mol. The number of hydrogen-bond acceptors (Lipinski definition) is 0. The number of benzene rings is 1. The number of aryl methyl sites for hydroxylation is 2. The van der Waals surface area contributed by atoms with Crippen LogP contribution < -0.4 is 9.27 Å². The second kappa shape index (κ2) is 5.10. The van der Waals surface area contributed by atoms with E-state index in [1.807, 2.05) is 0 Å². The molecule has 0 amide bonds. The molecule has 0 unspecified atom stereocenters. The summed E-state index contributed by atoms with van der Waals surface area (Å²) in [4.78, 5) is 0. The average Bonchev–Trinajstić information content (AvgIpc) is 2.61. The molecule has 22 heavy (non-hydrogen) atoms. The monoisotopic (exact) mass is 334 g/mol. The zero-order chi connectivity index (χ0) is 16.2. The zero-order valence-corrected chi connectivity index (χ0v) is 11.2. The van der Waals surface area contributed by atoms with Crippen molar-refractivity contribution in [3.8, 4) is 0 Å².